The molecule has 0 radical (unpaired) electrons. The van der Waals surface area contributed by atoms with E-state index in [4.69, 9.17) is 4.74 Å². The summed E-state index contributed by atoms with van der Waals surface area (Å²) in [5, 5.41) is 9.73. The van der Waals surface area contributed by atoms with Crippen molar-refractivity contribution in [1.29, 1.82) is 0 Å². The Morgan fingerprint density at radius 2 is 1.96 bits per heavy atom. The van der Waals surface area contributed by atoms with Crippen molar-refractivity contribution in [2.24, 2.45) is 5.92 Å². The number of halogens is 1. The van der Waals surface area contributed by atoms with Crippen LogP contribution >= 0.6 is 22.6 Å². The smallest absolute Gasteiger partial charge is 0.337 e. The van der Waals surface area contributed by atoms with Gasteiger partial charge in [0.2, 0.25) is 0 Å². The number of unbranched alkanes of at least 4 members (excludes halogenated alkanes) is 2. The third-order valence-corrected chi connectivity index (χ3v) is 5.59. The lowest BCUT2D eigenvalue weighted by molar-refractivity contribution is -0.145. The van der Waals surface area contributed by atoms with Gasteiger partial charge >= 0.3 is 5.97 Å². The molecule has 1 rings (SSSR count). The van der Waals surface area contributed by atoms with Crippen LogP contribution in [0.15, 0.2) is 21.8 Å². The van der Waals surface area contributed by atoms with Crippen LogP contribution in [0.4, 0.5) is 0 Å². The van der Waals surface area contributed by atoms with E-state index in [0.717, 1.165) is 35.2 Å². The van der Waals surface area contributed by atoms with Gasteiger partial charge in [0.1, 0.15) is 6.10 Å². The zero-order valence-corrected chi connectivity index (χ0v) is 16.7. The van der Waals surface area contributed by atoms with Crippen LogP contribution in [0.1, 0.15) is 71.6 Å². The first-order valence-corrected chi connectivity index (χ1v) is 10.0. The van der Waals surface area contributed by atoms with Gasteiger partial charge in [0.05, 0.1) is 11.7 Å². The Bertz CT molecular complexity index is 409. The van der Waals surface area contributed by atoms with Crippen LogP contribution in [0.5, 0.6) is 0 Å². The monoisotopic (exact) mass is 434 g/mol. The number of ether oxygens (including phenoxy) is 1. The molecule has 0 aromatic rings. The van der Waals surface area contributed by atoms with Gasteiger partial charge in [0, 0.05) is 3.58 Å². The number of carbonyl (C=O) groups is 1. The highest BCUT2D eigenvalue weighted by Crippen LogP contribution is 2.30. The van der Waals surface area contributed by atoms with E-state index in [-0.39, 0.29) is 12.1 Å². The molecule has 1 aliphatic rings. The molecule has 1 fully saturated rings. The zero-order chi connectivity index (χ0) is 17.2. The second-order valence-corrected chi connectivity index (χ2v) is 7.77. The molecule has 3 nitrogen and oxygen atoms in total. The fourth-order valence-corrected chi connectivity index (χ4v) is 3.78. The third kappa shape index (κ3) is 7.84. The normalized spacial score (nSPS) is 23.4. The van der Waals surface area contributed by atoms with E-state index >= 15 is 0 Å². The summed E-state index contributed by atoms with van der Waals surface area (Å²) in [4.78, 5) is 12.1. The van der Waals surface area contributed by atoms with E-state index < -0.39 is 6.10 Å². The minimum Gasteiger partial charge on any atom is -0.459 e. The second kappa shape index (κ2) is 11.2. The van der Waals surface area contributed by atoms with Crippen LogP contribution in [0, 0.1) is 5.92 Å². The first-order valence-electron chi connectivity index (χ1n) is 8.92. The highest BCUT2D eigenvalue weighted by molar-refractivity contribution is 14.1. The molecule has 0 heterocycles. The van der Waals surface area contributed by atoms with E-state index in [1.54, 1.807) is 6.08 Å². The second-order valence-electron chi connectivity index (χ2n) is 6.52. The summed E-state index contributed by atoms with van der Waals surface area (Å²) < 4.78 is 6.30. The fraction of sp³-hybridized carbons (Fsp3) is 0.737. The van der Waals surface area contributed by atoms with Gasteiger partial charge in [-0.3, -0.25) is 0 Å². The molecule has 1 N–H and O–H groups in total. The minimum atomic E-state index is -0.529. The summed E-state index contributed by atoms with van der Waals surface area (Å²) in [7, 11) is 0. The average molecular weight is 434 g/mol. The van der Waals surface area contributed by atoms with Gasteiger partial charge in [-0.2, -0.15) is 0 Å². The molecule has 0 aromatic heterocycles. The molecule has 0 bridgehead atoms. The van der Waals surface area contributed by atoms with E-state index in [1.165, 1.54) is 25.7 Å². The Morgan fingerprint density at radius 1 is 1.30 bits per heavy atom. The maximum absolute atomic E-state index is 12.1. The molecule has 1 atom stereocenters. The summed E-state index contributed by atoms with van der Waals surface area (Å²) in [5.74, 6) is 0.456. The number of aliphatic hydroxyl groups excluding tert-OH is 1. The quantitative estimate of drug-likeness (QED) is 0.176. The van der Waals surface area contributed by atoms with E-state index in [2.05, 4.69) is 13.5 Å². The summed E-state index contributed by atoms with van der Waals surface area (Å²) in [5.41, 5.74) is 0.326. The van der Waals surface area contributed by atoms with Crippen molar-refractivity contribution in [2.75, 3.05) is 0 Å². The zero-order valence-electron chi connectivity index (χ0n) is 14.5. The van der Waals surface area contributed by atoms with Gasteiger partial charge in [-0.1, -0.05) is 46.1 Å². The number of esters is 1. The molecule has 1 saturated carbocycles. The highest BCUT2D eigenvalue weighted by Gasteiger charge is 2.24. The van der Waals surface area contributed by atoms with E-state index in [0.29, 0.717) is 12.0 Å². The van der Waals surface area contributed by atoms with Crippen molar-refractivity contribution >= 4 is 28.6 Å². The Kier molecular flexibility index (Phi) is 10.1. The largest absolute Gasteiger partial charge is 0.459 e. The molecule has 0 amide bonds. The third-order valence-electron chi connectivity index (χ3n) is 4.56. The molecule has 0 aromatic carbocycles. The lowest BCUT2D eigenvalue weighted by Gasteiger charge is -2.28. The van der Waals surface area contributed by atoms with Gasteiger partial charge < -0.3 is 9.84 Å². The Balaban J connectivity index is 2.34. The van der Waals surface area contributed by atoms with Crippen LogP contribution < -0.4 is 0 Å². The number of rotatable bonds is 9. The summed E-state index contributed by atoms with van der Waals surface area (Å²) in [6.45, 7) is 7.91. The van der Waals surface area contributed by atoms with Gasteiger partial charge in [-0.15, -0.1) is 0 Å². The number of aliphatic hydroxyl groups is 1. The minimum absolute atomic E-state index is 0.0313. The van der Waals surface area contributed by atoms with Gasteiger partial charge in [0.25, 0.3) is 0 Å². The molecular formula is C19H31IO3. The first kappa shape index (κ1) is 20.7. The van der Waals surface area contributed by atoms with Gasteiger partial charge in [0.15, 0.2) is 0 Å². The molecule has 1 unspecified atom stereocenters. The maximum Gasteiger partial charge on any atom is 0.337 e. The van der Waals surface area contributed by atoms with Crippen molar-refractivity contribution in [3.05, 3.63) is 21.8 Å². The van der Waals surface area contributed by atoms with Crippen LogP contribution in [-0.4, -0.2) is 23.3 Å². The molecule has 4 heteroatoms. The Labute approximate surface area is 154 Å². The first-order chi connectivity index (χ1) is 11.0. The molecule has 1 aliphatic carbocycles. The predicted octanol–water partition coefficient (Wildman–Crippen LogP) is 5.31. The van der Waals surface area contributed by atoms with Crippen LogP contribution in [0.2, 0.25) is 0 Å². The van der Waals surface area contributed by atoms with Crippen LogP contribution in [0.25, 0.3) is 0 Å². The van der Waals surface area contributed by atoms with Gasteiger partial charge in [-0.25, -0.2) is 4.79 Å². The average Bonchev–Trinajstić information content (AvgIpc) is 2.55. The lowest BCUT2D eigenvalue weighted by Crippen LogP contribution is -2.25. The molecular weight excluding hydrogens is 403 g/mol. The van der Waals surface area contributed by atoms with Crippen molar-refractivity contribution < 1.29 is 14.6 Å². The summed E-state index contributed by atoms with van der Waals surface area (Å²) in [6.07, 6.45) is 11.3. The summed E-state index contributed by atoms with van der Waals surface area (Å²) >= 11 is 2.05. The Morgan fingerprint density at radius 3 is 2.52 bits per heavy atom. The number of hydrogen-bond acceptors (Lipinski definition) is 3. The SMILES string of the molecule is C=C(/C=C(/I)C(O)CC)C(=O)OC1CCC(CCCCC)CC1. The van der Waals surface area contributed by atoms with Crippen LogP contribution in [0.3, 0.4) is 0 Å². The fourth-order valence-electron chi connectivity index (χ4n) is 2.97. The molecule has 0 aliphatic heterocycles. The number of carbonyl (C=O) groups excluding carboxylic acids is 1. The van der Waals surface area contributed by atoms with Crippen LogP contribution in [-0.2, 0) is 9.53 Å². The molecule has 23 heavy (non-hydrogen) atoms. The molecule has 0 saturated heterocycles. The topological polar surface area (TPSA) is 46.5 Å². The van der Waals surface area contributed by atoms with E-state index in [1.807, 2.05) is 29.5 Å². The predicted molar refractivity (Wildman–Crippen MR) is 104 cm³/mol. The molecule has 0 spiro atoms. The van der Waals surface area contributed by atoms with Crippen molar-refractivity contribution in [3.8, 4) is 0 Å². The lowest BCUT2D eigenvalue weighted by atomic mass is 9.84. The highest BCUT2D eigenvalue weighted by atomic mass is 127. The van der Waals surface area contributed by atoms with Gasteiger partial charge in [-0.05, 0) is 66.7 Å². The standard InChI is InChI=1S/C19H31IO3/c1-4-6-7-8-15-9-11-16(12-10-15)23-19(22)14(3)13-17(20)18(21)5-2/h13,15-16,18,21H,3-12H2,1-2H3/b17-13+. The number of hydrogen-bond donors (Lipinski definition) is 1. The Hall–Kier alpha value is -0.360. The van der Waals surface area contributed by atoms with Crippen molar-refractivity contribution in [1.82, 2.24) is 0 Å². The van der Waals surface area contributed by atoms with E-state index in [9.17, 15) is 9.90 Å². The summed E-state index contributed by atoms with van der Waals surface area (Å²) in [6, 6.07) is 0. The van der Waals surface area contributed by atoms with Crippen molar-refractivity contribution in [2.45, 2.75) is 83.8 Å². The maximum atomic E-state index is 12.1. The molecule has 132 valence electrons. The van der Waals surface area contributed by atoms with Crippen molar-refractivity contribution in [3.63, 3.8) is 0 Å².